The predicted molar refractivity (Wildman–Crippen MR) is 59.8 cm³/mol. The molecular weight excluding hydrogens is 296 g/mol. The first-order valence-electron chi connectivity index (χ1n) is 3.70. The molecule has 2 nitrogen and oxygen atoms in total. The summed E-state index contributed by atoms with van der Waals surface area (Å²) >= 11 is 6.65. The Bertz CT molecular complexity index is 516. The molecule has 1 N–H and O–H groups in total. The van der Waals surface area contributed by atoms with Gasteiger partial charge in [0.15, 0.2) is 0 Å². The van der Waals surface area contributed by atoms with E-state index in [1.54, 1.807) is 3.59 Å². The highest BCUT2D eigenvalue weighted by Gasteiger charge is 1.97. The Balaban J connectivity index is 2.95. The van der Waals surface area contributed by atoms with Crippen molar-refractivity contribution in [3.63, 3.8) is 0 Å². The molecule has 0 fully saturated rings. The summed E-state index contributed by atoms with van der Waals surface area (Å²) in [6, 6.07) is 7.83. The van der Waals surface area contributed by atoms with E-state index >= 15 is 0 Å². The average Bonchev–Trinajstić information content (AvgIpc) is 2.12. The van der Waals surface area contributed by atoms with Gasteiger partial charge in [-0.25, -0.2) is 0 Å². The van der Waals surface area contributed by atoms with Crippen molar-refractivity contribution in [1.29, 1.82) is 5.41 Å². The smallest absolute Gasteiger partial charge is 0.142 e. The average molecular weight is 302 g/mol. The van der Waals surface area contributed by atoms with Gasteiger partial charge >= 0.3 is 0 Å². The molecule has 1 aromatic carbocycles. The number of benzene rings is 1. The maximum atomic E-state index is 7.76. The summed E-state index contributed by atoms with van der Waals surface area (Å²) in [4.78, 5) is 0. The first kappa shape index (κ1) is 8.97. The number of rotatable bonds is 0. The minimum atomic E-state index is 0.463. The molecule has 0 aliphatic heterocycles. The molecule has 66 valence electrons. The highest BCUT2D eigenvalue weighted by molar-refractivity contribution is 9.10. The van der Waals surface area contributed by atoms with Crippen molar-refractivity contribution in [2.75, 3.05) is 0 Å². The summed E-state index contributed by atoms with van der Waals surface area (Å²) in [5, 5.41) is 9.76. The fourth-order valence-electron chi connectivity index (χ4n) is 1.22. The molecule has 1 heterocycles. The van der Waals surface area contributed by atoms with E-state index < -0.39 is 0 Å². The molecule has 0 saturated heterocycles. The monoisotopic (exact) mass is 300 g/mol. The lowest BCUT2D eigenvalue weighted by atomic mass is 10.2. The van der Waals surface area contributed by atoms with E-state index in [9.17, 15) is 0 Å². The number of pyridine rings is 1. The van der Waals surface area contributed by atoms with Gasteiger partial charge in [-0.1, -0.05) is 15.9 Å². The predicted octanol–water partition coefficient (Wildman–Crippen LogP) is 3.04. The molecule has 2 aromatic rings. The van der Waals surface area contributed by atoms with Crippen LogP contribution in [-0.2, 0) is 0 Å². The zero-order valence-corrected chi connectivity index (χ0v) is 9.76. The largest absolute Gasteiger partial charge is 0.283 e. The standard InChI is InChI=1S/C9H6Br2N2/c10-7-1-2-8-6(5-7)3-4-13(11)9(8)12/h1-5,12H. The van der Waals surface area contributed by atoms with Gasteiger partial charge in [-0.3, -0.25) is 9.00 Å². The van der Waals surface area contributed by atoms with E-state index in [0.717, 1.165) is 15.2 Å². The lowest BCUT2D eigenvalue weighted by Gasteiger charge is -2.01. The van der Waals surface area contributed by atoms with E-state index in [4.69, 9.17) is 5.41 Å². The third-order valence-electron chi connectivity index (χ3n) is 1.87. The molecule has 0 atom stereocenters. The van der Waals surface area contributed by atoms with Gasteiger partial charge in [-0.2, -0.15) is 0 Å². The molecule has 2 rings (SSSR count). The van der Waals surface area contributed by atoms with Crippen LogP contribution in [0.2, 0.25) is 0 Å². The summed E-state index contributed by atoms with van der Waals surface area (Å²) in [7, 11) is 0. The second-order valence-corrected chi connectivity index (χ2v) is 4.39. The van der Waals surface area contributed by atoms with E-state index in [1.165, 1.54) is 0 Å². The van der Waals surface area contributed by atoms with Gasteiger partial charge in [-0.05, 0) is 29.7 Å². The van der Waals surface area contributed by atoms with E-state index in [0.29, 0.717) is 5.49 Å². The third kappa shape index (κ3) is 1.56. The van der Waals surface area contributed by atoms with Gasteiger partial charge in [0.2, 0.25) is 0 Å². The van der Waals surface area contributed by atoms with Gasteiger partial charge in [-0.15, -0.1) is 0 Å². The Hall–Kier alpha value is -0.610. The summed E-state index contributed by atoms with van der Waals surface area (Å²) in [5.41, 5.74) is 0.463. The zero-order chi connectivity index (χ0) is 9.42. The van der Waals surface area contributed by atoms with Gasteiger partial charge in [0, 0.05) is 16.1 Å². The van der Waals surface area contributed by atoms with Crippen LogP contribution >= 0.6 is 32.1 Å². The Morgan fingerprint density at radius 1 is 1.23 bits per heavy atom. The highest BCUT2D eigenvalue weighted by atomic mass is 79.9. The summed E-state index contributed by atoms with van der Waals surface area (Å²) < 4.78 is 2.65. The van der Waals surface area contributed by atoms with Crippen molar-refractivity contribution < 1.29 is 0 Å². The van der Waals surface area contributed by atoms with Crippen LogP contribution in [0.1, 0.15) is 0 Å². The van der Waals surface area contributed by atoms with Crippen LogP contribution < -0.4 is 5.49 Å². The molecule has 0 aliphatic rings. The second kappa shape index (κ2) is 3.27. The number of nitrogens with one attached hydrogen (secondary N) is 1. The van der Waals surface area contributed by atoms with Gasteiger partial charge in [0.1, 0.15) is 5.49 Å². The number of fused-ring (bicyclic) bond motifs is 1. The van der Waals surface area contributed by atoms with Crippen molar-refractivity contribution in [2.24, 2.45) is 0 Å². The number of halogens is 2. The molecule has 13 heavy (non-hydrogen) atoms. The van der Waals surface area contributed by atoms with E-state index in [2.05, 4.69) is 32.1 Å². The fraction of sp³-hybridized carbons (Fsp3) is 0. The Morgan fingerprint density at radius 2 is 2.00 bits per heavy atom. The van der Waals surface area contributed by atoms with Gasteiger partial charge in [0.05, 0.1) is 16.1 Å². The maximum absolute atomic E-state index is 7.76. The number of aromatic nitrogens is 1. The molecule has 0 unspecified atom stereocenters. The molecule has 0 radical (unpaired) electrons. The molecule has 0 spiro atoms. The molecule has 0 saturated carbocycles. The molecular formula is C9H6Br2N2. The Morgan fingerprint density at radius 3 is 2.77 bits per heavy atom. The topological polar surface area (TPSA) is 28.8 Å². The van der Waals surface area contributed by atoms with Gasteiger partial charge < -0.3 is 0 Å². The quantitative estimate of drug-likeness (QED) is 0.775. The minimum Gasteiger partial charge on any atom is -0.283 e. The van der Waals surface area contributed by atoms with E-state index in [-0.39, 0.29) is 0 Å². The normalized spacial score (nSPS) is 10.6. The first-order chi connectivity index (χ1) is 6.18. The Labute approximate surface area is 92.2 Å². The van der Waals surface area contributed by atoms with Crippen LogP contribution in [0.4, 0.5) is 0 Å². The number of hydrogen-bond acceptors (Lipinski definition) is 1. The summed E-state index contributed by atoms with van der Waals surface area (Å²) in [6.07, 6.45) is 1.82. The van der Waals surface area contributed by atoms with Crippen LogP contribution in [0.25, 0.3) is 10.8 Å². The molecule has 0 amide bonds. The summed E-state index contributed by atoms with van der Waals surface area (Å²) in [6.45, 7) is 0. The van der Waals surface area contributed by atoms with Crippen LogP contribution in [0.3, 0.4) is 0 Å². The van der Waals surface area contributed by atoms with Crippen LogP contribution in [0.5, 0.6) is 0 Å². The van der Waals surface area contributed by atoms with Crippen LogP contribution in [-0.4, -0.2) is 3.59 Å². The molecule has 4 heteroatoms. The zero-order valence-electron chi connectivity index (χ0n) is 6.59. The maximum Gasteiger partial charge on any atom is 0.142 e. The van der Waals surface area contributed by atoms with Crippen molar-refractivity contribution in [3.05, 3.63) is 40.4 Å². The molecule has 0 aliphatic carbocycles. The van der Waals surface area contributed by atoms with Crippen molar-refractivity contribution in [1.82, 2.24) is 3.59 Å². The van der Waals surface area contributed by atoms with Crippen molar-refractivity contribution >= 4 is 42.8 Å². The highest BCUT2D eigenvalue weighted by Crippen LogP contribution is 2.16. The molecule has 0 bridgehead atoms. The molecule has 1 aromatic heterocycles. The summed E-state index contributed by atoms with van der Waals surface area (Å²) in [5.74, 6) is 0. The lowest BCUT2D eigenvalue weighted by Crippen LogP contribution is -2.11. The first-order valence-corrected chi connectivity index (χ1v) is 5.20. The third-order valence-corrected chi connectivity index (χ3v) is 2.95. The fourth-order valence-corrected chi connectivity index (χ4v) is 1.91. The number of hydrogen-bond donors (Lipinski definition) is 1. The van der Waals surface area contributed by atoms with E-state index in [1.807, 2.05) is 30.5 Å². The lowest BCUT2D eigenvalue weighted by molar-refractivity contribution is 1.08. The van der Waals surface area contributed by atoms with Crippen molar-refractivity contribution in [2.45, 2.75) is 0 Å². The van der Waals surface area contributed by atoms with Crippen molar-refractivity contribution in [3.8, 4) is 0 Å². The van der Waals surface area contributed by atoms with Crippen LogP contribution in [0.15, 0.2) is 34.9 Å². The SMILES string of the molecule is N=c1c2ccc(Br)cc2ccn1Br. The van der Waals surface area contributed by atoms with Crippen LogP contribution in [0, 0.1) is 5.41 Å². The second-order valence-electron chi connectivity index (χ2n) is 2.71. The van der Waals surface area contributed by atoms with Gasteiger partial charge in [0.25, 0.3) is 0 Å². The number of nitrogens with zero attached hydrogens (tertiary/aromatic N) is 1. The Kier molecular flexibility index (Phi) is 2.26. The minimum absolute atomic E-state index is 0.463.